The quantitative estimate of drug-likeness (QED) is 0.0352. The third-order valence-corrected chi connectivity index (χ3v) is 11.4. The summed E-state index contributed by atoms with van der Waals surface area (Å²) in [5.41, 5.74) is 2.15. The standard InChI is InChI=1S/C55H65NO20/c1-9-10-11-21-28-43(42(29-67-53(64)41-26-19-14-20-27-41)56-46(39-22-15-12-16-23-39)40-24-17-13-18-25-40)73-54-51(71-37(7)62)50(70-36(6)61)48(45(74-54)31-66-33(3)58)76-55-52(72-38(8)63)49(69-35(5)60)47(68-34(4)59)44(75-55)30-65-32(2)57/h12-28,42-45,47-52,54-55H,9-11,29-31H2,1-8H3/b28-21+/t42-,43-,44+,45+,47-,48+,49-,50-,51+,52+,54+,55-/m0/s1. The third-order valence-electron chi connectivity index (χ3n) is 11.4. The van der Waals surface area contributed by atoms with Crippen molar-refractivity contribution in [2.24, 2.45) is 4.99 Å². The molecule has 0 radical (unpaired) electrons. The van der Waals surface area contributed by atoms with Gasteiger partial charge in [-0.15, -0.1) is 0 Å². The molecule has 21 nitrogen and oxygen atoms in total. The molecule has 21 heteroatoms. The lowest BCUT2D eigenvalue weighted by Gasteiger charge is -2.49. The summed E-state index contributed by atoms with van der Waals surface area (Å²) < 4.78 is 71.6. The number of carbonyl (C=O) groups excluding carboxylic acids is 8. The SMILES string of the molecule is CCCC/C=C/[C@H](O[C@@H]1O[C@H](COC(C)=O)[C@@H](O[C@@H]2O[C@H](COC(C)=O)[C@H](OC(C)=O)[C@H](OC(C)=O)[C@H]2OC(C)=O)[C@H](OC(C)=O)[C@H]1OC(C)=O)[C@H](COC(=O)c1ccccc1)N=C(c1ccccc1)c1ccccc1. The van der Waals surface area contributed by atoms with E-state index in [0.717, 1.165) is 61.3 Å². The van der Waals surface area contributed by atoms with Crippen LogP contribution in [-0.2, 0) is 90.4 Å². The Morgan fingerprint density at radius 3 is 1.41 bits per heavy atom. The van der Waals surface area contributed by atoms with Gasteiger partial charge in [-0.1, -0.05) is 111 Å². The van der Waals surface area contributed by atoms with Crippen molar-refractivity contribution in [2.75, 3.05) is 19.8 Å². The Bertz CT molecular complexity index is 2440. The van der Waals surface area contributed by atoms with Gasteiger partial charge in [0.25, 0.3) is 0 Å². The summed E-state index contributed by atoms with van der Waals surface area (Å²) in [5, 5.41) is 0. The minimum atomic E-state index is -1.90. The minimum Gasteiger partial charge on any atom is -0.463 e. The van der Waals surface area contributed by atoms with Crippen LogP contribution in [0.3, 0.4) is 0 Å². The first-order valence-corrected chi connectivity index (χ1v) is 24.7. The van der Waals surface area contributed by atoms with Crippen molar-refractivity contribution in [2.45, 2.75) is 148 Å². The van der Waals surface area contributed by atoms with Crippen molar-refractivity contribution in [3.8, 4) is 0 Å². The van der Waals surface area contributed by atoms with E-state index < -0.39 is 135 Å². The molecule has 0 amide bonds. The largest absolute Gasteiger partial charge is 0.463 e. The summed E-state index contributed by atoms with van der Waals surface area (Å²) in [5.74, 6) is -6.86. The van der Waals surface area contributed by atoms with E-state index in [0.29, 0.717) is 23.3 Å². The number of unbranched alkanes of at least 4 members (excludes halogenated alkanes) is 2. The summed E-state index contributed by atoms with van der Waals surface area (Å²) in [6, 6.07) is 25.7. The molecule has 0 bridgehead atoms. The highest BCUT2D eigenvalue weighted by Gasteiger charge is 2.58. The topological polar surface area (TPSA) is 260 Å². The zero-order chi connectivity index (χ0) is 55.3. The van der Waals surface area contributed by atoms with Crippen LogP contribution in [0.15, 0.2) is 108 Å². The van der Waals surface area contributed by atoms with E-state index in [1.165, 1.54) is 0 Å². The smallest absolute Gasteiger partial charge is 0.338 e. The van der Waals surface area contributed by atoms with Gasteiger partial charge in [0.2, 0.25) is 0 Å². The van der Waals surface area contributed by atoms with Crippen LogP contribution in [0.1, 0.15) is 96.1 Å². The van der Waals surface area contributed by atoms with Crippen molar-refractivity contribution in [1.82, 2.24) is 0 Å². The number of allylic oxidation sites excluding steroid dienone is 1. The molecular weight excluding hydrogens is 995 g/mol. The minimum absolute atomic E-state index is 0.262. The maximum absolute atomic E-state index is 13.7. The van der Waals surface area contributed by atoms with Crippen molar-refractivity contribution in [3.05, 3.63) is 120 Å². The summed E-state index contributed by atoms with van der Waals surface area (Å²) in [7, 11) is 0. The Labute approximate surface area is 440 Å². The highest BCUT2D eigenvalue weighted by molar-refractivity contribution is 6.13. The van der Waals surface area contributed by atoms with Gasteiger partial charge in [-0.2, -0.15) is 0 Å². The van der Waals surface area contributed by atoms with Crippen LogP contribution in [-0.4, -0.2) is 147 Å². The molecule has 76 heavy (non-hydrogen) atoms. The van der Waals surface area contributed by atoms with Crippen molar-refractivity contribution < 1.29 is 95.2 Å². The first kappa shape index (κ1) is 59.5. The maximum Gasteiger partial charge on any atom is 0.338 e. The van der Waals surface area contributed by atoms with E-state index >= 15 is 0 Å². The Hall–Kier alpha value is -7.33. The molecule has 2 heterocycles. The van der Waals surface area contributed by atoms with Gasteiger partial charge in [-0.05, 0) is 18.6 Å². The zero-order valence-corrected chi connectivity index (χ0v) is 43.6. The van der Waals surface area contributed by atoms with Crippen molar-refractivity contribution >= 4 is 53.5 Å². The first-order chi connectivity index (χ1) is 36.3. The van der Waals surface area contributed by atoms with E-state index in [1.807, 2.05) is 73.7 Å². The lowest BCUT2D eigenvalue weighted by atomic mass is 9.95. The van der Waals surface area contributed by atoms with Gasteiger partial charge in [0.1, 0.15) is 50.3 Å². The Morgan fingerprint density at radius 1 is 0.513 bits per heavy atom. The summed E-state index contributed by atoms with van der Waals surface area (Å²) in [6.07, 6.45) is -12.5. The average molecular weight is 1060 g/mol. The van der Waals surface area contributed by atoms with Gasteiger partial charge in [0.15, 0.2) is 43.1 Å². The number of carbonyl (C=O) groups is 8. The normalized spacial score (nSPS) is 23.8. The molecule has 0 aliphatic carbocycles. The number of hydrogen-bond donors (Lipinski definition) is 0. The number of rotatable bonds is 24. The fourth-order valence-electron chi connectivity index (χ4n) is 8.25. The predicted octanol–water partition coefficient (Wildman–Crippen LogP) is 5.50. The molecule has 2 aliphatic rings. The molecule has 3 aromatic carbocycles. The predicted molar refractivity (Wildman–Crippen MR) is 266 cm³/mol. The van der Waals surface area contributed by atoms with E-state index in [9.17, 15) is 38.4 Å². The maximum atomic E-state index is 13.7. The second-order valence-electron chi connectivity index (χ2n) is 17.6. The zero-order valence-electron chi connectivity index (χ0n) is 43.6. The van der Waals surface area contributed by atoms with E-state index in [-0.39, 0.29) is 12.2 Å². The second-order valence-corrected chi connectivity index (χ2v) is 17.6. The van der Waals surface area contributed by atoms with Crippen LogP contribution in [0.25, 0.3) is 0 Å². The molecule has 2 saturated heterocycles. The Morgan fingerprint density at radius 2 is 0.934 bits per heavy atom. The summed E-state index contributed by atoms with van der Waals surface area (Å²) in [6.45, 7) is 7.81. The average Bonchev–Trinajstić information content (AvgIpc) is 3.39. The molecule has 2 fully saturated rings. The van der Waals surface area contributed by atoms with Crippen LogP contribution >= 0.6 is 0 Å². The fraction of sp³-hybridized carbons (Fsp3) is 0.473. The second kappa shape index (κ2) is 29.7. The molecule has 0 saturated carbocycles. The summed E-state index contributed by atoms with van der Waals surface area (Å²) >= 11 is 0. The van der Waals surface area contributed by atoms with Gasteiger partial charge in [0, 0.05) is 59.6 Å². The number of esters is 8. The number of hydrogen-bond acceptors (Lipinski definition) is 21. The number of nitrogens with zero attached hydrogens (tertiary/aromatic N) is 1. The van der Waals surface area contributed by atoms with E-state index in [4.69, 9.17) is 61.8 Å². The fourth-order valence-corrected chi connectivity index (χ4v) is 8.25. The molecule has 3 aromatic rings. The van der Waals surface area contributed by atoms with Gasteiger partial charge >= 0.3 is 47.8 Å². The highest BCUT2D eigenvalue weighted by Crippen LogP contribution is 2.36. The van der Waals surface area contributed by atoms with Crippen LogP contribution in [0.4, 0.5) is 0 Å². The molecule has 0 spiro atoms. The Kier molecular flexibility index (Phi) is 23.3. The molecule has 12 atom stereocenters. The van der Waals surface area contributed by atoms with Gasteiger partial charge in [0.05, 0.1) is 11.3 Å². The molecule has 0 N–H and O–H groups in total. The lowest BCUT2D eigenvalue weighted by molar-refractivity contribution is -0.363. The molecule has 0 unspecified atom stereocenters. The van der Waals surface area contributed by atoms with Crippen LogP contribution in [0, 0.1) is 0 Å². The third kappa shape index (κ3) is 18.2. The van der Waals surface area contributed by atoms with Gasteiger partial charge in [-0.25, -0.2) is 4.79 Å². The van der Waals surface area contributed by atoms with Crippen LogP contribution in [0.5, 0.6) is 0 Å². The van der Waals surface area contributed by atoms with Crippen LogP contribution in [0.2, 0.25) is 0 Å². The number of aliphatic imine (C=N–C) groups is 1. The number of ether oxygens (including phenoxy) is 12. The van der Waals surface area contributed by atoms with Crippen LogP contribution < -0.4 is 0 Å². The van der Waals surface area contributed by atoms with Crippen molar-refractivity contribution in [3.63, 3.8) is 0 Å². The highest BCUT2D eigenvalue weighted by atomic mass is 16.8. The monoisotopic (exact) mass is 1060 g/mol. The van der Waals surface area contributed by atoms with Crippen molar-refractivity contribution in [1.29, 1.82) is 0 Å². The molecule has 2 aliphatic heterocycles. The lowest BCUT2D eigenvalue weighted by Crippen LogP contribution is -2.67. The first-order valence-electron chi connectivity index (χ1n) is 24.7. The van der Waals surface area contributed by atoms with E-state index in [2.05, 4.69) is 0 Å². The van der Waals surface area contributed by atoms with Gasteiger partial charge in [-0.3, -0.25) is 38.6 Å². The van der Waals surface area contributed by atoms with E-state index in [1.54, 1.807) is 36.4 Å². The Balaban J connectivity index is 1.69. The molecule has 410 valence electrons. The van der Waals surface area contributed by atoms with Gasteiger partial charge < -0.3 is 56.8 Å². The number of benzene rings is 3. The molecule has 0 aromatic heterocycles. The molecule has 5 rings (SSSR count). The summed E-state index contributed by atoms with van der Waals surface area (Å²) in [4.78, 5) is 108. The molecular formula is C55H65NO20.